The van der Waals surface area contributed by atoms with Crippen LogP contribution in [0.3, 0.4) is 0 Å². The van der Waals surface area contributed by atoms with Gasteiger partial charge in [-0.15, -0.1) is 11.3 Å². The van der Waals surface area contributed by atoms with E-state index in [0.29, 0.717) is 28.5 Å². The average molecular weight is 372 g/mol. The molecule has 0 spiro atoms. The van der Waals surface area contributed by atoms with Gasteiger partial charge in [-0.3, -0.25) is 4.79 Å². The van der Waals surface area contributed by atoms with Gasteiger partial charge < -0.3 is 14.1 Å². The highest BCUT2D eigenvalue weighted by Gasteiger charge is 2.25. The Morgan fingerprint density at radius 2 is 2.31 bits per heavy atom. The fourth-order valence-electron chi connectivity index (χ4n) is 3.43. The number of nitrogens with one attached hydrogen (secondary N) is 1. The van der Waals surface area contributed by atoms with Crippen molar-refractivity contribution in [3.63, 3.8) is 0 Å². The Bertz CT molecular complexity index is 1050. The Morgan fingerprint density at radius 1 is 1.50 bits per heavy atom. The first-order valence-electron chi connectivity index (χ1n) is 8.73. The van der Waals surface area contributed by atoms with E-state index in [1.165, 1.54) is 11.1 Å². The predicted octanol–water partition coefficient (Wildman–Crippen LogP) is 3.93. The van der Waals surface area contributed by atoms with Gasteiger partial charge in [-0.1, -0.05) is 6.92 Å². The lowest BCUT2D eigenvalue weighted by Crippen LogP contribution is -2.18. The van der Waals surface area contributed by atoms with Crippen molar-refractivity contribution in [3.8, 4) is 0 Å². The summed E-state index contributed by atoms with van der Waals surface area (Å²) in [6.07, 6.45) is 3.80. The Labute approximate surface area is 154 Å². The first-order chi connectivity index (χ1) is 12.4. The molecule has 2 atom stereocenters. The van der Waals surface area contributed by atoms with Crippen molar-refractivity contribution in [2.45, 2.75) is 46.1 Å². The zero-order valence-electron chi connectivity index (χ0n) is 14.9. The summed E-state index contributed by atoms with van der Waals surface area (Å²) in [5, 5.41) is 0.699. The monoisotopic (exact) mass is 372 g/mol. The molecule has 0 aliphatic heterocycles. The third-order valence-corrected chi connectivity index (χ3v) is 6.08. The highest BCUT2D eigenvalue weighted by molar-refractivity contribution is 7.18. The minimum atomic E-state index is -0.660. The lowest BCUT2D eigenvalue weighted by atomic mass is 9.89. The summed E-state index contributed by atoms with van der Waals surface area (Å²) < 4.78 is 10.6. The molecule has 3 aromatic rings. The molecule has 0 saturated carbocycles. The van der Waals surface area contributed by atoms with Crippen LogP contribution in [0.4, 0.5) is 0 Å². The largest absolute Gasteiger partial charge is 0.469 e. The number of aromatic nitrogens is 2. The Morgan fingerprint density at radius 3 is 3.04 bits per heavy atom. The first-order valence-corrected chi connectivity index (χ1v) is 9.55. The normalized spacial score (nSPS) is 17.9. The van der Waals surface area contributed by atoms with Crippen molar-refractivity contribution in [1.82, 2.24) is 9.97 Å². The molecule has 0 amide bonds. The highest BCUT2D eigenvalue weighted by atomic mass is 32.1. The van der Waals surface area contributed by atoms with Crippen LogP contribution in [0.5, 0.6) is 0 Å². The molecule has 136 valence electrons. The van der Waals surface area contributed by atoms with Gasteiger partial charge in [-0.05, 0) is 50.7 Å². The molecule has 0 fully saturated rings. The third kappa shape index (κ3) is 2.86. The van der Waals surface area contributed by atoms with Gasteiger partial charge in [0.25, 0.3) is 5.56 Å². The molecule has 0 bridgehead atoms. The summed E-state index contributed by atoms with van der Waals surface area (Å²) in [6.45, 7) is 5.63. The SMILES string of the molecule is Cc1occc1C(=O)O[C@H](C)c1nc2sc3c(c2c(=O)[nH]1)CC[C@@H](C)C3. The number of aryl methyl sites for hydroxylation is 2. The average Bonchev–Trinajstić information content (AvgIpc) is 3.17. The lowest BCUT2D eigenvalue weighted by molar-refractivity contribution is 0.0318. The molecule has 6 nitrogen and oxygen atoms in total. The summed E-state index contributed by atoms with van der Waals surface area (Å²) >= 11 is 1.58. The molecule has 4 rings (SSSR count). The summed E-state index contributed by atoms with van der Waals surface area (Å²) in [6, 6.07) is 1.57. The number of hydrogen-bond acceptors (Lipinski definition) is 6. The van der Waals surface area contributed by atoms with E-state index >= 15 is 0 Å². The first kappa shape index (κ1) is 17.0. The number of furan rings is 1. The predicted molar refractivity (Wildman–Crippen MR) is 98.7 cm³/mol. The topological polar surface area (TPSA) is 85.2 Å². The van der Waals surface area contributed by atoms with Gasteiger partial charge in [0, 0.05) is 4.88 Å². The minimum absolute atomic E-state index is 0.153. The van der Waals surface area contributed by atoms with Crippen molar-refractivity contribution < 1.29 is 13.9 Å². The molecule has 0 aromatic carbocycles. The van der Waals surface area contributed by atoms with Crippen LogP contribution in [0.25, 0.3) is 10.2 Å². The number of nitrogens with zero attached hydrogens (tertiary/aromatic N) is 1. The fourth-order valence-corrected chi connectivity index (χ4v) is 4.83. The zero-order valence-corrected chi connectivity index (χ0v) is 15.7. The van der Waals surface area contributed by atoms with Crippen LogP contribution in [0.15, 0.2) is 21.5 Å². The van der Waals surface area contributed by atoms with Gasteiger partial charge >= 0.3 is 5.97 Å². The molecule has 3 aromatic heterocycles. The Kier molecular flexibility index (Phi) is 4.19. The van der Waals surface area contributed by atoms with Crippen LogP contribution in [-0.2, 0) is 17.6 Å². The summed E-state index contributed by atoms with van der Waals surface area (Å²) in [5.41, 5.74) is 1.36. The number of H-pyrrole nitrogens is 1. The molecule has 0 radical (unpaired) electrons. The number of ether oxygens (including phenoxy) is 1. The van der Waals surface area contributed by atoms with E-state index in [1.807, 2.05) is 0 Å². The summed E-state index contributed by atoms with van der Waals surface area (Å²) in [5.74, 6) is 1.00. The second-order valence-corrected chi connectivity index (χ2v) is 8.00. The van der Waals surface area contributed by atoms with E-state index in [1.54, 1.807) is 31.3 Å². The van der Waals surface area contributed by atoms with Crippen LogP contribution in [0.2, 0.25) is 0 Å². The fraction of sp³-hybridized carbons (Fsp3) is 0.421. The van der Waals surface area contributed by atoms with Gasteiger partial charge in [0.05, 0.1) is 11.6 Å². The molecule has 1 aliphatic rings. The van der Waals surface area contributed by atoms with Crippen LogP contribution < -0.4 is 5.56 Å². The number of esters is 1. The molecular formula is C19H20N2O4S. The smallest absolute Gasteiger partial charge is 0.342 e. The van der Waals surface area contributed by atoms with Crippen LogP contribution in [0.1, 0.15) is 58.8 Å². The van der Waals surface area contributed by atoms with E-state index in [4.69, 9.17) is 9.15 Å². The number of aromatic amines is 1. The molecule has 3 heterocycles. The molecular weight excluding hydrogens is 352 g/mol. The molecule has 7 heteroatoms. The standard InChI is InChI=1S/C19H20N2O4S/c1-9-4-5-13-14(8-9)26-18-15(13)17(22)20-16(21-18)11(3)25-19(23)12-6-7-24-10(12)2/h6-7,9,11H,4-5,8H2,1-3H3,(H,20,21,22)/t9-,11-/m1/s1. The van der Waals surface area contributed by atoms with Crippen LogP contribution >= 0.6 is 11.3 Å². The second kappa shape index (κ2) is 6.39. The number of fused-ring (bicyclic) bond motifs is 3. The van der Waals surface area contributed by atoms with Crippen molar-refractivity contribution in [1.29, 1.82) is 0 Å². The molecule has 1 aliphatic carbocycles. The highest BCUT2D eigenvalue weighted by Crippen LogP contribution is 2.36. The Hall–Kier alpha value is -2.41. The number of carbonyl (C=O) groups is 1. The van der Waals surface area contributed by atoms with Crippen molar-refractivity contribution >= 4 is 27.5 Å². The van der Waals surface area contributed by atoms with Crippen molar-refractivity contribution in [3.05, 3.63) is 50.3 Å². The van der Waals surface area contributed by atoms with Crippen LogP contribution in [0, 0.1) is 12.8 Å². The maximum Gasteiger partial charge on any atom is 0.342 e. The van der Waals surface area contributed by atoms with Gasteiger partial charge in [0.2, 0.25) is 0 Å². The van der Waals surface area contributed by atoms with E-state index < -0.39 is 12.1 Å². The van der Waals surface area contributed by atoms with Crippen molar-refractivity contribution in [2.75, 3.05) is 0 Å². The van der Waals surface area contributed by atoms with Gasteiger partial charge in [-0.25, -0.2) is 9.78 Å². The summed E-state index contributed by atoms with van der Waals surface area (Å²) in [7, 11) is 0. The molecule has 0 unspecified atom stereocenters. The quantitative estimate of drug-likeness (QED) is 0.704. The Balaban J connectivity index is 1.66. The van der Waals surface area contributed by atoms with Gasteiger partial charge in [0.15, 0.2) is 11.9 Å². The molecule has 26 heavy (non-hydrogen) atoms. The summed E-state index contributed by atoms with van der Waals surface area (Å²) in [4.78, 5) is 34.3. The van der Waals surface area contributed by atoms with E-state index in [9.17, 15) is 9.59 Å². The number of rotatable bonds is 3. The number of thiophene rings is 1. The number of hydrogen-bond donors (Lipinski definition) is 1. The molecule has 1 N–H and O–H groups in total. The van der Waals surface area contributed by atoms with Crippen molar-refractivity contribution in [2.24, 2.45) is 5.92 Å². The van der Waals surface area contributed by atoms with Gasteiger partial charge in [-0.2, -0.15) is 0 Å². The maximum atomic E-state index is 12.6. The number of carbonyl (C=O) groups excluding carboxylic acids is 1. The van der Waals surface area contributed by atoms with E-state index in [0.717, 1.165) is 29.7 Å². The van der Waals surface area contributed by atoms with E-state index in [-0.39, 0.29) is 5.56 Å². The minimum Gasteiger partial charge on any atom is -0.469 e. The van der Waals surface area contributed by atoms with Gasteiger partial charge in [0.1, 0.15) is 16.2 Å². The third-order valence-electron chi connectivity index (χ3n) is 4.93. The lowest BCUT2D eigenvalue weighted by Gasteiger charge is -2.17. The maximum absolute atomic E-state index is 12.6. The molecule has 0 saturated heterocycles. The second-order valence-electron chi connectivity index (χ2n) is 6.92. The van der Waals surface area contributed by atoms with E-state index in [2.05, 4.69) is 16.9 Å². The zero-order chi connectivity index (χ0) is 18.4. The van der Waals surface area contributed by atoms with Crippen LogP contribution in [-0.4, -0.2) is 15.9 Å².